The van der Waals surface area contributed by atoms with E-state index in [2.05, 4.69) is 5.32 Å². The van der Waals surface area contributed by atoms with E-state index in [1.807, 2.05) is 30.3 Å². The standard InChI is InChI=1S/C20H16N2O5S/c1-2-27-20(24)16-12-17(13-6-4-3-5-7-13)28-19(16)21-18(23)14-8-10-15(11-9-14)22(25)26/h3-12H,2H2,1H3,(H,21,23). The van der Waals surface area contributed by atoms with Gasteiger partial charge in [0.25, 0.3) is 11.6 Å². The van der Waals surface area contributed by atoms with E-state index in [1.54, 1.807) is 13.0 Å². The van der Waals surface area contributed by atoms with Gasteiger partial charge in [-0.15, -0.1) is 11.3 Å². The lowest BCUT2D eigenvalue weighted by atomic mass is 10.1. The molecule has 1 amide bonds. The van der Waals surface area contributed by atoms with Crippen molar-refractivity contribution in [2.24, 2.45) is 0 Å². The summed E-state index contributed by atoms with van der Waals surface area (Å²) in [6, 6.07) is 16.4. The molecule has 3 aromatic rings. The molecule has 0 aliphatic carbocycles. The van der Waals surface area contributed by atoms with Crippen molar-refractivity contribution in [1.82, 2.24) is 0 Å². The van der Waals surface area contributed by atoms with E-state index in [-0.39, 0.29) is 23.4 Å². The van der Waals surface area contributed by atoms with E-state index < -0.39 is 16.8 Å². The van der Waals surface area contributed by atoms with Gasteiger partial charge in [0.2, 0.25) is 0 Å². The molecule has 0 atom stereocenters. The highest BCUT2D eigenvalue weighted by Crippen LogP contribution is 2.36. The number of carbonyl (C=O) groups is 2. The number of nitro benzene ring substituents is 1. The minimum absolute atomic E-state index is 0.105. The normalized spacial score (nSPS) is 10.3. The van der Waals surface area contributed by atoms with Crippen LogP contribution in [0.5, 0.6) is 0 Å². The van der Waals surface area contributed by atoms with E-state index in [1.165, 1.54) is 35.6 Å². The van der Waals surface area contributed by atoms with Gasteiger partial charge in [0.05, 0.1) is 17.1 Å². The fourth-order valence-corrected chi connectivity index (χ4v) is 3.55. The van der Waals surface area contributed by atoms with Gasteiger partial charge in [-0.05, 0) is 30.7 Å². The average Bonchev–Trinajstić information content (AvgIpc) is 3.13. The SMILES string of the molecule is CCOC(=O)c1cc(-c2ccccc2)sc1NC(=O)c1ccc([N+](=O)[O-])cc1. The molecule has 1 heterocycles. The number of non-ortho nitro benzene ring substituents is 1. The number of hydrogen-bond donors (Lipinski definition) is 1. The first-order valence-electron chi connectivity index (χ1n) is 8.41. The van der Waals surface area contributed by atoms with Crippen molar-refractivity contribution in [1.29, 1.82) is 0 Å². The van der Waals surface area contributed by atoms with Crippen molar-refractivity contribution in [3.63, 3.8) is 0 Å². The molecule has 28 heavy (non-hydrogen) atoms. The predicted octanol–water partition coefficient (Wildman–Crippen LogP) is 4.75. The summed E-state index contributed by atoms with van der Waals surface area (Å²) in [5.74, 6) is -0.998. The summed E-state index contributed by atoms with van der Waals surface area (Å²) in [6.45, 7) is 1.92. The van der Waals surface area contributed by atoms with Crippen LogP contribution >= 0.6 is 11.3 Å². The van der Waals surface area contributed by atoms with Crippen LogP contribution in [0, 0.1) is 10.1 Å². The Morgan fingerprint density at radius 3 is 2.39 bits per heavy atom. The Hall–Kier alpha value is -3.52. The van der Waals surface area contributed by atoms with E-state index >= 15 is 0 Å². The van der Waals surface area contributed by atoms with Gasteiger partial charge in [-0.1, -0.05) is 30.3 Å². The number of ether oxygens (including phenoxy) is 1. The van der Waals surface area contributed by atoms with Crippen LogP contribution in [0.1, 0.15) is 27.6 Å². The van der Waals surface area contributed by atoms with Crippen LogP contribution in [0.15, 0.2) is 60.7 Å². The fourth-order valence-electron chi connectivity index (χ4n) is 2.50. The third kappa shape index (κ3) is 4.24. The molecule has 1 aromatic heterocycles. The summed E-state index contributed by atoms with van der Waals surface area (Å²) in [6.07, 6.45) is 0. The molecule has 0 radical (unpaired) electrons. The molecular weight excluding hydrogens is 380 g/mol. The Balaban J connectivity index is 1.90. The lowest BCUT2D eigenvalue weighted by Crippen LogP contribution is -2.14. The summed E-state index contributed by atoms with van der Waals surface area (Å²) in [7, 11) is 0. The van der Waals surface area contributed by atoms with Crippen LogP contribution in [-0.2, 0) is 4.74 Å². The lowest BCUT2D eigenvalue weighted by Gasteiger charge is -2.06. The van der Waals surface area contributed by atoms with Crippen LogP contribution in [0.2, 0.25) is 0 Å². The number of hydrogen-bond acceptors (Lipinski definition) is 6. The molecule has 0 aliphatic rings. The lowest BCUT2D eigenvalue weighted by molar-refractivity contribution is -0.384. The van der Waals surface area contributed by atoms with Crippen LogP contribution in [0.3, 0.4) is 0 Å². The number of thiophene rings is 1. The maximum atomic E-state index is 12.5. The molecule has 8 heteroatoms. The van der Waals surface area contributed by atoms with E-state index in [4.69, 9.17) is 4.74 Å². The predicted molar refractivity (Wildman–Crippen MR) is 107 cm³/mol. The maximum Gasteiger partial charge on any atom is 0.341 e. The van der Waals surface area contributed by atoms with Crippen molar-refractivity contribution in [3.05, 3.63) is 81.9 Å². The first-order chi connectivity index (χ1) is 13.5. The first kappa shape index (κ1) is 19.2. The number of amides is 1. The van der Waals surface area contributed by atoms with Crippen molar-refractivity contribution < 1.29 is 19.2 Å². The van der Waals surface area contributed by atoms with Crippen LogP contribution < -0.4 is 5.32 Å². The van der Waals surface area contributed by atoms with Gasteiger partial charge in [-0.3, -0.25) is 14.9 Å². The number of esters is 1. The molecule has 0 saturated heterocycles. The van der Waals surface area contributed by atoms with Crippen molar-refractivity contribution >= 4 is 33.9 Å². The molecule has 3 rings (SSSR count). The summed E-state index contributed by atoms with van der Waals surface area (Å²) >= 11 is 1.26. The summed E-state index contributed by atoms with van der Waals surface area (Å²) in [5, 5.41) is 13.8. The molecular formula is C20H16N2O5S. The van der Waals surface area contributed by atoms with Crippen molar-refractivity contribution in [2.75, 3.05) is 11.9 Å². The number of anilines is 1. The first-order valence-corrected chi connectivity index (χ1v) is 9.23. The number of nitrogens with zero attached hydrogens (tertiary/aromatic N) is 1. The molecule has 7 nitrogen and oxygen atoms in total. The Bertz CT molecular complexity index is 1010. The molecule has 1 N–H and O–H groups in total. The Kier molecular flexibility index (Phi) is 5.81. The zero-order valence-electron chi connectivity index (χ0n) is 14.9. The quantitative estimate of drug-likeness (QED) is 0.368. The van der Waals surface area contributed by atoms with Crippen LogP contribution in [-0.4, -0.2) is 23.4 Å². The van der Waals surface area contributed by atoms with Gasteiger partial charge < -0.3 is 10.1 Å². The topological polar surface area (TPSA) is 98.5 Å². The van der Waals surface area contributed by atoms with Gasteiger partial charge in [-0.25, -0.2) is 4.79 Å². The van der Waals surface area contributed by atoms with Crippen LogP contribution in [0.4, 0.5) is 10.7 Å². The van der Waals surface area contributed by atoms with Gasteiger partial charge in [0.1, 0.15) is 5.00 Å². The largest absolute Gasteiger partial charge is 0.462 e. The maximum absolute atomic E-state index is 12.5. The number of nitro groups is 1. The summed E-state index contributed by atoms with van der Waals surface area (Å²) in [5.41, 5.74) is 1.32. The van der Waals surface area contributed by atoms with Gasteiger partial charge >= 0.3 is 5.97 Å². The Labute approximate surface area is 164 Å². The second-order valence-corrected chi connectivity index (χ2v) is 6.75. The fraction of sp³-hybridized carbons (Fsp3) is 0.100. The van der Waals surface area contributed by atoms with Gasteiger partial charge in [0.15, 0.2) is 0 Å². The van der Waals surface area contributed by atoms with Crippen molar-refractivity contribution in [3.8, 4) is 10.4 Å². The second-order valence-electron chi connectivity index (χ2n) is 5.70. The van der Waals surface area contributed by atoms with Gasteiger partial charge in [-0.2, -0.15) is 0 Å². The Morgan fingerprint density at radius 2 is 1.79 bits per heavy atom. The zero-order valence-corrected chi connectivity index (χ0v) is 15.7. The third-order valence-electron chi connectivity index (χ3n) is 3.85. The highest BCUT2D eigenvalue weighted by molar-refractivity contribution is 7.20. The Morgan fingerprint density at radius 1 is 1.11 bits per heavy atom. The molecule has 2 aromatic carbocycles. The zero-order chi connectivity index (χ0) is 20.1. The molecule has 0 spiro atoms. The van der Waals surface area contributed by atoms with E-state index in [0.29, 0.717) is 5.00 Å². The molecule has 0 aliphatic heterocycles. The molecule has 0 bridgehead atoms. The number of carbonyl (C=O) groups excluding carboxylic acids is 2. The van der Waals surface area contributed by atoms with E-state index in [0.717, 1.165) is 10.4 Å². The number of rotatable bonds is 6. The molecule has 0 unspecified atom stereocenters. The molecule has 0 fully saturated rings. The monoisotopic (exact) mass is 396 g/mol. The smallest absolute Gasteiger partial charge is 0.341 e. The number of nitrogens with one attached hydrogen (secondary N) is 1. The highest BCUT2D eigenvalue weighted by atomic mass is 32.1. The average molecular weight is 396 g/mol. The third-order valence-corrected chi connectivity index (χ3v) is 4.95. The summed E-state index contributed by atoms with van der Waals surface area (Å²) < 4.78 is 5.09. The summed E-state index contributed by atoms with van der Waals surface area (Å²) in [4.78, 5) is 35.9. The highest BCUT2D eigenvalue weighted by Gasteiger charge is 2.20. The van der Waals surface area contributed by atoms with E-state index in [9.17, 15) is 19.7 Å². The minimum Gasteiger partial charge on any atom is -0.462 e. The number of benzene rings is 2. The minimum atomic E-state index is -0.536. The molecule has 0 saturated carbocycles. The second kappa shape index (κ2) is 8.45. The molecule has 142 valence electrons. The van der Waals surface area contributed by atoms with Gasteiger partial charge in [0, 0.05) is 22.6 Å². The van der Waals surface area contributed by atoms with Crippen LogP contribution in [0.25, 0.3) is 10.4 Å². The van der Waals surface area contributed by atoms with Crippen molar-refractivity contribution in [2.45, 2.75) is 6.92 Å².